The molecule has 6 nitrogen and oxygen atoms in total. The van der Waals surface area contributed by atoms with Crippen LogP contribution in [0, 0.1) is 10.1 Å². The van der Waals surface area contributed by atoms with E-state index in [1.54, 1.807) is 19.2 Å². The van der Waals surface area contributed by atoms with Crippen molar-refractivity contribution in [3.8, 4) is 5.75 Å². The number of benzene rings is 1. The Morgan fingerprint density at radius 2 is 2.16 bits per heavy atom. The first-order chi connectivity index (χ1) is 9.03. The number of hydrogen-bond acceptors (Lipinski definition) is 5. The van der Waals surface area contributed by atoms with Crippen LogP contribution >= 0.6 is 0 Å². The van der Waals surface area contributed by atoms with Gasteiger partial charge in [0.1, 0.15) is 12.4 Å². The number of nitrogens with zero attached hydrogens (tertiary/aromatic N) is 2. The second-order valence-electron chi connectivity index (χ2n) is 5.04. The average Bonchev–Trinajstić information content (AvgIpc) is 2.77. The fraction of sp³-hybridized carbons (Fsp3) is 0.538. The van der Waals surface area contributed by atoms with E-state index in [-0.39, 0.29) is 17.4 Å². The van der Waals surface area contributed by atoms with E-state index in [0.29, 0.717) is 12.3 Å². The molecule has 1 aliphatic rings. The Morgan fingerprint density at radius 1 is 1.53 bits per heavy atom. The Kier molecular flexibility index (Phi) is 3.73. The molecule has 0 saturated carbocycles. The number of aliphatic hydroxyl groups excluding tert-OH is 1. The normalized spacial score (nSPS) is 27.4. The van der Waals surface area contributed by atoms with Gasteiger partial charge in [-0.2, -0.15) is 0 Å². The first-order valence-electron chi connectivity index (χ1n) is 6.11. The maximum absolute atomic E-state index is 11.4. The Bertz CT molecular complexity index is 462. The molecule has 1 aromatic rings. The zero-order valence-electron chi connectivity index (χ0n) is 11.1. The largest absolute Gasteiger partial charge is 0.497 e. The van der Waals surface area contributed by atoms with Crippen LogP contribution in [0.4, 0.5) is 0 Å². The van der Waals surface area contributed by atoms with Crippen molar-refractivity contribution in [3.05, 3.63) is 39.9 Å². The third-order valence-corrected chi connectivity index (χ3v) is 3.84. The molecule has 0 aliphatic carbocycles. The molecule has 2 atom stereocenters. The lowest BCUT2D eigenvalue weighted by molar-refractivity contribution is -0.572. The molecular formula is C13H18N2O4. The molecule has 104 valence electrons. The third-order valence-electron chi connectivity index (χ3n) is 3.84. The minimum absolute atomic E-state index is 0.257. The number of hydrogen-bond donors (Lipinski definition) is 1. The minimum Gasteiger partial charge on any atom is -0.497 e. The number of nitro groups is 1. The van der Waals surface area contributed by atoms with Gasteiger partial charge in [0, 0.05) is 11.5 Å². The first kappa shape index (κ1) is 13.8. The van der Waals surface area contributed by atoms with Crippen molar-refractivity contribution >= 4 is 0 Å². The number of likely N-dealkylation sites (N-methyl/N-ethyl adjacent to an activating group) is 1. The first-order valence-corrected chi connectivity index (χ1v) is 6.11. The molecule has 1 saturated heterocycles. The van der Waals surface area contributed by atoms with Crippen LogP contribution < -0.4 is 4.74 Å². The summed E-state index contributed by atoms with van der Waals surface area (Å²) in [5.41, 5.74) is -0.459. The van der Waals surface area contributed by atoms with Gasteiger partial charge in [0.2, 0.25) is 0 Å². The van der Waals surface area contributed by atoms with E-state index in [1.807, 2.05) is 24.1 Å². The van der Waals surface area contributed by atoms with E-state index in [4.69, 9.17) is 4.74 Å². The summed E-state index contributed by atoms with van der Waals surface area (Å²) in [5, 5.41) is 20.9. The van der Waals surface area contributed by atoms with Crippen LogP contribution in [0.25, 0.3) is 0 Å². The van der Waals surface area contributed by atoms with Crippen molar-refractivity contribution in [2.75, 3.05) is 33.9 Å². The third kappa shape index (κ3) is 2.29. The van der Waals surface area contributed by atoms with Crippen LogP contribution in [-0.4, -0.2) is 54.3 Å². The van der Waals surface area contributed by atoms with Crippen LogP contribution in [0.1, 0.15) is 11.5 Å². The Hall–Kier alpha value is -1.66. The zero-order chi connectivity index (χ0) is 14.0. The number of rotatable bonds is 4. The van der Waals surface area contributed by atoms with Gasteiger partial charge in [-0.05, 0) is 24.7 Å². The summed E-state index contributed by atoms with van der Waals surface area (Å²) in [6.07, 6.45) is 0. The molecule has 1 fully saturated rings. The average molecular weight is 266 g/mol. The van der Waals surface area contributed by atoms with E-state index >= 15 is 0 Å². The van der Waals surface area contributed by atoms with Crippen LogP contribution in [0.2, 0.25) is 0 Å². The van der Waals surface area contributed by atoms with E-state index in [0.717, 1.165) is 5.56 Å². The highest BCUT2D eigenvalue weighted by Crippen LogP contribution is 2.38. The summed E-state index contributed by atoms with van der Waals surface area (Å²) in [4.78, 5) is 12.9. The summed E-state index contributed by atoms with van der Waals surface area (Å²) >= 11 is 0. The molecule has 1 N–H and O–H groups in total. The Morgan fingerprint density at radius 3 is 2.63 bits per heavy atom. The molecule has 0 spiro atoms. The van der Waals surface area contributed by atoms with Crippen molar-refractivity contribution in [2.45, 2.75) is 11.5 Å². The second kappa shape index (κ2) is 5.14. The zero-order valence-corrected chi connectivity index (χ0v) is 11.1. The number of ether oxygens (including phenoxy) is 1. The van der Waals surface area contributed by atoms with Crippen LogP contribution in [0.15, 0.2) is 24.3 Å². The van der Waals surface area contributed by atoms with Crippen LogP contribution in [-0.2, 0) is 0 Å². The molecule has 1 heterocycles. The van der Waals surface area contributed by atoms with Gasteiger partial charge in [-0.25, -0.2) is 0 Å². The highest BCUT2D eigenvalue weighted by molar-refractivity contribution is 5.32. The highest BCUT2D eigenvalue weighted by Gasteiger charge is 2.56. The topological polar surface area (TPSA) is 75.8 Å². The van der Waals surface area contributed by atoms with E-state index in [1.165, 1.54) is 0 Å². The lowest BCUT2D eigenvalue weighted by Crippen LogP contribution is -2.48. The molecule has 0 aromatic heterocycles. The standard InChI is InChI=1S/C13H18N2O4/c1-14-7-12(13(8-14,9-16)15(17)18)10-3-5-11(19-2)6-4-10/h3-6,12,16H,7-9H2,1-2H3/t12-,13+/m1/s1. The van der Waals surface area contributed by atoms with Crippen LogP contribution in [0.5, 0.6) is 5.75 Å². The lowest BCUT2D eigenvalue weighted by atomic mass is 9.83. The van der Waals surface area contributed by atoms with Crippen molar-refractivity contribution < 1.29 is 14.8 Å². The lowest BCUT2D eigenvalue weighted by Gasteiger charge is -2.24. The van der Waals surface area contributed by atoms with Gasteiger partial charge < -0.3 is 9.84 Å². The molecule has 1 aromatic carbocycles. The maximum atomic E-state index is 11.4. The van der Waals surface area contributed by atoms with Crippen molar-refractivity contribution in [2.24, 2.45) is 0 Å². The summed E-state index contributed by atoms with van der Waals surface area (Å²) in [6, 6.07) is 7.23. The molecule has 1 aliphatic heterocycles. The SMILES string of the molecule is COc1ccc([C@H]2CN(C)C[C@@]2(CO)[N+](=O)[O-])cc1. The smallest absolute Gasteiger partial charge is 0.265 e. The summed E-state index contributed by atoms with van der Waals surface area (Å²) in [6.45, 7) is 0.363. The van der Waals surface area contributed by atoms with Gasteiger partial charge in [-0.15, -0.1) is 0 Å². The van der Waals surface area contributed by atoms with E-state index in [2.05, 4.69) is 0 Å². The molecular weight excluding hydrogens is 248 g/mol. The molecule has 0 unspecified atom stereocenters. The quantitative estimate of drug-likeness (QED) is 0.642. The highest BCUT2D eigenvalue weighted by atomic mass is 16.6. The van der Waals surface area contributed by atoms with Crippen molar-refractivity contribution in [1.82, 2.24) is 4.90 Å². The van der Waals surface area contributed by atoms with Crippen LogP contribution in [0.3, 0.4) is 0 Å². The predicted octanol–water partition coefficient (Wildman–Crippen LogP) is 0.732. The number of likely N-dealkylation sites (tertiary alicyclic amines) is 1. The monoisotopic (exact) mass is 266 g/mol. The Labute approximate surface area is 111 Å². The summed E-state index contributed by atoms with van der Waals surface area (Å²) in [5.74, 6) is 0.397. The van der Waals surface area contributed by atoms with Gasteiger partial charge in [0.15, 0.2) is 0 Å². The summed E-state index contributed by atoms with van der Waals surface area (Å²) in [7, 11) is 3.41. The fourth-order valence-corrected chi connectivity index (χ4v) is 2.78. The second-order valence-corrected chi connectivity index (χ2v) is 5.04. The van der Waals surface area contributed by atoms with Gasteiger partial charge in [-0.3, -0.25) is 15.0 Å². The Balaban J connectivity index is 2.37. The summed E-state index contributed by atoms with van der Waals surface area (Å²) < 4.78 is 5.09. The molecule has 19 heavy (non-hydrogen) atoms. The van der Waals surface area contributed by atoms with E-state index in [9.17, 15) is 15.2 Å². The molecule has 6 heteroatoms. The number of methoxy groups -OCH3 is 1. The maximum Gasteiger partial charge on any atom is 0.265 e. The van der Waals surface area contributed by atoms with Gasteiger partial charge in [0.25, 0.3) is 5.54 Å². The molecule has 0 bridgehead atoms. The van der Waals surface area contributed by atoms with Crippen molar-refractivity contribution in [3.63, 3.8) is 0 Å². The molecule has 0 amide bonds. The van der Waals surface area contributed by atoms with Gasteiger partial charge in [-0.1, -0.05) is 12.1 Å². The van der Waals surface area contributed by atoms with Gasteiger partial charge in [0.05, 0.1) is 19.6 Å². The van der Waals surface area contributed by atoms with Gasteiger partial charge >= 0.3 is 0 Å². The van der Waals surface area contributed by atoms with Crippen molar-refractivity contribution in [1.29, 1.82) is 0 Å². The molecule has 0 radical (unpaired) electrons. The van der Waals surface area contributed by atoms with E-state index < -0.39 is 12.1 Å². The predicted molar refractivity (Wildman–Crippen MR) is 70.0 cm³/mol. The molecule has 2 rings (SSSR count). The number of aliphatic hydroxyl groups is 1. The minimum atomic E-state index is -1.32. The fourth-order valence-electron chi connectivity index (χ4n) is 2.78.